The van der Waals surface area contributed by atoms with Crippen LogP contribution >= 0.6 is 0 Å². The van der Waals surface area contributed by atoms with Gasteiger partial charge in [0.15, 0.2) is 0 Å². The minimum atomic E-state index is 0.223. The first-order valence-electron chi connectivity index (χ1n) is 12.7. The molecule has 0 fully saturated rings. The molecule has 1 aliphatic carbocycles. The van der Waals surface area contributed by atoms with Crippen molar-refractivity contribution in [2.24, 2.45) is 0 Å². The molecule has 0 saturated heterocycles. The summed E-state index contributed by atoms with van der Waals surface area (Å²) in [6.45, 7) is 0. The minimum Gasteiger partial charge on any atom is -0.456 e. The van der Waals surface area contributed by atoms with Gasteiger partial charge in [0.25, 0.3) is 0 Å². The number of nitrogens with one attached hydrogen (secondary N) is 1. The van der Waals surface area contributed by atoms with Gasteiger partial charge in [0, 0.05) is 33.1 Å². The van der Waals surface area contributed by atoms with Crippen LogP contribution in [0.5, 0.6) is 0 Å². The summed E-state index contributed by atoms with van der Waals surface area (Å²) in [5.74, 6) is 0. The third-order valence-corrected chi connectivity index (χ3v) is 7.52. The number of benzene rings is 5. The van der Waals surface area contributed by atoms with Gasteiger partial charge in [-0.25, -0.2) is 0 Å². The molecule has 0 saturated carbocycles. The number of hydrogen-bond donors (Lipinski definition) is 1. The lowest BCUT2D eigenvalue weighted by Crippen LogP contribution is -2.31. The zero-order chi connectivity index (χ0) is 24.3. The molecule has 3 nitrogen and oxygen atoms in total. The second-order valence-electron chi connectivity index (χ2n) is 9.78. The molecule has 0 spiro atoms. The Bertz CT molecular complexity index is 2090. The summed E-state index contributed by atoms with van der Waals surface area (Å²) in [6.07, 6.45) is 5.37. The first-order chi connectivity index (χ1) is 18.3. The van der Waals surface area contributed by atoms with Crippen molar-refractivity contribution < 1.29 is 8.83 Å². The highest BCUT2D eigenvalue weighted by molar-refractivity contribution is 6.19. The van der Waals surface area contributed by atoms with Gasteiger partial charge in [-0.1, -0.05) is 72.8 Å². The lowest BCUT2D eigenvalue weighted by atomic mass is 10.00. The summed E-state index contributed by atoms with van der Waals surface area (Å²) in [5, 5.41) is 10.8. The van der Waals surface area contributed by atoms with E-state index in [0.717, 1.165) is 39.7 Å². The van der Waals surface area contributed by atoms with Crippen LogP contribution in [0.1, 0.15) is 6.42 Å². The van der Waals surface area contributed by atoms with Gasteiger partial charge >= 0.3 is 0 Å². The second-order valence-corrected chi connectivity index (χ2v) is 9.78. The summed E-state index contributed by atoms with van der Waals surface area (Å²) >= 11 is 0. The maximum absolute atomic E-state index is 6.18. The predicted molar refractivity (Wildman–Crippen MR) is 153 cm³/mol. The molecule has 37 heavy (non-hydrogen) atoms. The topological polar surface area (TPSA) is 38.3 Å². The number of para-hydroxylation sites is 1. The van der Waals surface area contributed by atoms with E-state index < -0.39 is 0 Å². The summed E-state index contributed by atoms with van der Waals surface area (Å²) < 4.78 is 12.2. The van der Waals surface area contributed by atoms with Crippen LogP contribution in [0.4, 0.5) is 5.69 Å². The van der Waals surface area contributed by atoms with Crippen LogP contribution in [-0.4, -0.2) is 6.04 Å². The van der Waals surface area contributed by atoms with Gasteiger partial charge < -0.3 is 14.2 Å². The van der Waals surface area contributed by atoms with Crippen LogP contribution in [0.3, 0.4) is 0 Å². The third-order valence-electron chi connectivity index (χ3n) is 7.52. The van der Waals surface area contributed by atoms with E-state index in [1.807, 2.05) is 12.1 Å². The van der Waals surface area contributed by atoms with Crippen LogP contribution in [0.2, 0.25) is 0 Å². The monoisotopic (exact) mass is 477 g/mol. The van der Waals surface area contributed by atoms with Crippen molar-refractivity contribution in [1.29, 1.82) is 0 Å². The Kier molecular flexibility index (Phi) is 4.35. The smallest absolute Gasteiger partial charge is 0.136 e. The molecule has 1 N–H and O–H groups in total. The maximum atomic E-state index is 6.18. The Balaban J connectivity index is 1.13. The molecule has 0 amide bonds. The number of anilines is 1. The van der Waals surface area contributed by atoms with Crippen molar-refractivity contribution >= 4 is 61.5 Å². The fourth-order valence-electron chi connectivity index (χ4n) is 5.71. The summed E-state index contributed by atoms with van der Waals surface area (Å²) in [6, 6.07) is 36.4. The van der Waals surface area contributed by atoms with Crippen LogP contribution in [0.15, 0.2) is 112 Å². The van der Waals surface area contributed by atoms with E-state index in [1.54, 1.807) is 0 Å². The first-order valence-corrected chi connectivity index (χ1v) is 12.7. The number of fused-ring (bicyclic) bond motifs is 8. The van der Waals surface area contributed by atoms with Gasteiger partial charge in [-0.15, -0.1) is 0 Å². The molecule has 0 bridgehead atoms. The van der Waals surface area contributed by atoms with Crippen molar-refractivity contribution in [2.45, 2.75) is 12.5 Å². The van der Waals surface area contributed by atoms with Crippen molar-refractivity contribution in [3.63, 3.8) is 0 Å². The summed E-state index contributed by atoms with van der Waals surface area (Å²) in [7, 11) is 0. The molecule has 1 unspecified atom stereocenters. The Hall–Kier alpha value is -4.76. The van der Waals surface area contributed by atoms with Gasteiger partial charge in [0.1, 0.15) is 22.2 Å². The van der Waals surface area contributed by atoms with Crippen LogP contribution in [-0.2, 0) is 0 Å². The van der Waals surface area contributed by atoms with E-state index in [4.69, 9.17) is 8.83 Å². The highest BCUT2D eigenvalue weighted by Gasteiger charge is 2.14. The van der Waals surface area contributed by atoms with E-state index in [2.05, 4.69) is 108 Å². The zero-order valence-corrected chi connectivity index (χ0v) is 20.1. The summed E-state index contributed by atoms with van der Waals surface area (Å²) in [5.41, 5.74) is 7.24. The molecule has 2 aromatic heterocycles. The predicted octanol–water partition coefficient (Wildman–Crippen LogP) is 7.60. The molecule has 8 rings (SSSR count). The van der Waals surface area contributed by atoms with E-state index in [9.17, 15) is 0 Å². The van der Waals surface area contributed by atoms with Crippen LogP contribution in [0, 0.1) is 0 Å². The van der Waals surface area contributed by atoms with Crippen molar-refractivity contribution in [1.82, 2.24) is 0 Å². The fraction of sp³-hybridized carbons (Fsp3) is 0.0588. The summed E-state index contributed by atoms with van der Waals surface area (Å²) in [4.78, 5) is 0. The third kappa shape index (κ3) is 3.28. The highest BCUT2D eigenvalue weighted by Crippen LogP contribution is 2.36. The molecule has 7 aromatic rings. The molecule has 0 radical (unpaired) electrons. The van der Waals surface area contributed by atoms with Gasteiger partial charge in [-0.3, -0.25) is 0 Å². The fourth-order valence-corrected chi connectivity index (χ4v) is 5.71. The Morgan fingerprint density at radius 3 is 2.30 bits per heavy atom. The number of furan rings is 2. The van der Waals surface area contributed by atoms with E-state index in [1.165, 1.54) is 37.9 Å². The maximum Gasteiger partial charge on any atom is 0.136 e. The molecule has 0 aliphatic heterocycles. The Labute approximate surface area is 212 Å². The number of hydrogen-bond acceptors (Lipinski definition) is 3. The second kappa shape index (κ2) is 7.87. The average Bonchev–Trinajstić information content (AvgIpc) is 3.51. The van der Waals surface area contributed by atoms with E-state index >= 15 is 0 Å². The Morgan fingerprint density at radius 2 is 1.38 bits per heavy atom. The van der Waals surface area contributed by atoms with Crippen LogP contribution in [0.25, 0.3) is 67.0 Å². The molecule has 1 atom stereocenters. The number of rotatable bonds is 3. The van der Waals surface area contributed by atoms with E-state index in [0.29, 0.717) is 0 Å². The van der Waals surface area contributed by atoms with Gasteiger partial charge in [-0.2, -0.15) is 0 Å². The van der Waals surface area contributed by atoms with Gasteiger partial charge in [0.05, 0.1) is 0 Å². The quantitative estimate of drug-likeness (QED) is 0.285. The standard InChI is InChI=1S/C34H23NO2/c1-2-6-26-22(5-1)11-17-33-34(26)29-19-23(12-16-32(29)37-33)21-9-13-24(14-10-21)35-25-15-18-31-28(20-25)27-7-3-4-8-30(27)36-31/h1-14,16-20,25,35H,15H2. The van der Waals surface area contributed by atoms with Gasteiger partial charge in [0.2, 0.25) is 0 Å². The lowest BCUT2D eigenvalue weighted by Gasteiger charge is -2.16. The first kappa shape index (κ1) is 20.4. The van der Waals surface area contributed by atoms with Crippen molar-refractivity contribution in [2.75, 3.05) is 5.32 Å². The largest absolute Gasteiger partial charge is 0.456 e. The zero-order valence-electron chi connectivity index (χ0n) is 20.1. The SMILES string of the molecule is C1=c2oc3ccccc3c2=CC(Nc2ccc(-c3ccc4oc5ccc6ccccc6c5c4c3)cc2)C1. The van der Waals surface area contributed by atoms with Crippen LogP contribution < -0.4 is 16.0 Å². The molecular formula is C34H23NO2. The van der Waals surface area contributed by atoms with Gasteiger partial charge in [-0.05, 0) is 70.8 Å². The van der Waals surface area contributed by atoms with E-state index in [-0.39, 0.29) is 6.04 Å². The van der Waals surface area contributed by atoms with Crippen molar-refractivity contribution in [3.05, 3.63) is 114 Å². The molecular weight excluding hydrogens is 454 g/mol. The minimum absolute atomic E-state index is 0.223. The Morgan fingerprint density at radius 1 is 0.622 bits per heavy atom. The lowest BCUT2D eigenvalue weighted by molar-refractivity contribution is 0.570. The average molecular weight is 478 g/mol. The molecule has 176 valence electrons. The highest BCUT2D eigenvalue weighted by atomic mass is 16.3. The van der Waals surface area contributed by atoms with Crippen molar-refractivity contribution in [3.8, 4) is 11.1 Å². The molecule has 3 heteroatoms. The normalized spacial score (nSPS) is 15.1. The molecule has 5 aromatic carbocycles. The molecule has 2 heterocycles. The molecule has 1 aliphatic rings.